The number of aliphatic hydroxyl groups is 3. The van der Waals surface area contributed by atoms with Crippen LogP contribution in [0.3, 0.4) is 0 Å². The zero-order valence-corrected chi connectivity index (χ0v) is 39.4. The zero-order chi connectivity index (χ0) is 43.0. The Hall–Kier alpha value is -1.69. The smallest absolute Gasteiger partial charge is 0.249 e. The first-order valence-electron chi connectivity index (χ1n) is 26.0. The van der Waals surface area contributed by atoms with Crippen molar-refractivity contribution in [3.63, 3.8) is 0 Å². The van der Waals surface area contributed by atoms with Crippen LogP contribution in [0, 0.1) is 0 Å². The molecule has 0 aromatic heterocycles. The Morgan fingerprint density at radius 2 is 0.695 bits per heavy atom. The normalized spacial score (nSPS) is 13.8. The number of hydrogen-bond acceptors (Lipinski definition) is 4. The third-order valence-electron chi connectivity index (χ3n) is 11.9. The summed E-state index contributed by atoms with van der Waals surface area (Å²) < 4.78 is 0. The van der Waals surface area contributed by atoms with E-state index in [0.29, 0.717) is 6.42 Å². The quantitative estimate of drug-likeness (QED) is 0.0363. The van der Waals surface area contributed by atoms with E-state index in [1.54, 1.807) is 6.08 Å². The molecule has 4 N–H and O–H groups in total. The van der Waals surface area contributed by atoms with Gasteiger partial charge in [-0.1, -0.05) is 242 Å². The van der Waals surface area contributed by atoms with Crippen LogP contribution in [-0.2, 0) is 4.79 Å². The highest BCUT2D eigenvalue weighted by molar-refractivity contribution is 5.80. The Morgan fingerprint density at radius 3 is 1.03 bits per heavy atom. The van der Waals surface area contributed by atoms with Crippen molar-refractivity contribution in [1.82, 2.24) is 5.32 Å². The fourth-order valence-electron chi connectivity index (χ4n) is 7.80. The number of unbranched alkanes of at least 4 members (excludes halogenated alkanes) is 33. The first-order valence-corrected chi connectivity index (χ1v) is 26.0. The van der Waals surface area contributed by atoms with E-state index in [-0.39, 0.29) is 6.61 Å². The predicted molar refractivity (Wildman–Crippen MR) is 259 cm³/mol. The number of carbonyl (C=O) groups excluding carboxylic acids is 1. The van der Waals surface area contributed by atoms with Gasteiger partial charge in [-0.25, -0.2) is 0 Å². The Bertz CT molecular complexity index is 958. The monoisotopic (exact) mass is 828 g/mol. The molecule has 0 fully saturated rings. The molecule has 0 aromatic carbocycles. The van der Waals surface area contributed by atoms with Gasteiger partial charge in [0.25, 0.3) is 0 Å². The number of amides is 1. The van der Waals surface area contributed by atoms with E-state index in [9.17, 15) is 20.1 Å². The van der Waals surface area contributed by atoms with Crippen LogP contribution in [0.5, 0.6) is 0 Å². The summed E-state index contributed by atoms with van der Waals surface area (Å²) in [6.45, 7) is 4.17. The van der Waals surface area contributed by atoms with Gasteiger partial charge in [0.1, 0.15) is 6.10 Å². The van der Waals surface area contributed by atoms with Gasteiger partial charge >= 0.3 is 0 Å². The Morgan fingerprint density at radius 1 is 0.407 bits per heavy atom. The van der Waals surface area contributed by atoms with Gasteiger partial charge in [0.05, 0.1) is 18.8 Å². The number of allylic oxidation sites excluding steroid dienone is 7. The largest absolute Gasteiger partial charge is 0.394 e. The molecule has 1 amide bonds. The number of rotatable bonds is 47. The SMILES string of the molecule is CCCCCCCCC/C=C/CC/C=C/CC/C=C/C(O)C(CO)NC(=O)C(O)CCCCCCCCCCCCCC/C=C\CCCCCCCCCCCCCC. The summed E-state index contributed by atoms with van der Waals surface area (Å²) in [5, 5.41) is 33.2. The summed E-state index contributed by atoms with van der Waals surface area (Å²) in [4.78, 5) is 12.5. The van der Waals surface area contributed by atoms with Gasteiger partial charge < -0.3 is 20.6 Å². The van der Waals surface area contributed by atoms with Gasteiger partial charge in [-0.05, 0) is 70.6 Å². The van der Waals surface area contributed by atoms with Crippen molar-refractivity contribution in [3.8, 4) is 0 Å². The average Bonchev–Trinajstić information content (AvgIpc) is 3.24. The summed E-state index contributed by atoms with van der Waals surface area (Å²) in [7, 11) is 0. The highest BCUT2D eigenvalue weighted by Gasteiger charge is 2.22. The molecule has 0 aromatic rings. The van der Waals surface area contributed by atoms with E-state index >= 15 is 0 Å². The molecular weight excluding hydrogens is 727 g/mol. The molecular formula is C54H101NO4. The molecule has 0 rings (SSSR count). The van der Waals surface area contributed by atoms with Gasteiger partial charge in [0, 0.05) is 0 Å². The molecule has 0 spiro atoms. The van der Waals surface area contributed by atoms with Crippen LogP contribution in [-0.4, -0.2) is 46.1 Å². The van der Waals surface area contributed by atoms with E-state index in [1.165, 1.54) is 199 Å². The second-order valence-corrected chi connectivity index (χ2v) is 17.7. The van der Waals surface area contributed by atoms with Gasteiger partial charge in [0.2, 0.25) is 5.91 Å². The maximum absolute atomic E-state index is 12.5. The van der Waals surface area contributed by atoms with Crippen LogP contribution in [0.25, 0.3) is 0 Å². The first-order chi connectivity index (χ1) is 29.1. The summed E-state index contributed by atoms with van der Waals surface area (Å²) in [6, 6.07) is -0.822. The molecule has 0 aliphatic carbocycles. The third kappa shape index (κ3) is 44.2. The van der Waals surface area contributed by atoms with E-state index in [2.05, 4.69) is 55.6 Å². The van der Waals surface area contributed by atoms with Crippen LogP contribution in [0.15, 0.2) is 48.6 Å². The van der Waals surface area contributed by atoms with Crippen LogP contribution >= 0.6 is 0 Å². The summed E-state index contributed by atoms with van der Waals surface area (Å²) in [6.07, 6.45) is 64.6. The Kier molecular flexibility index (Phi) is 47.6. The molecule has 3 atom stereocenters. The van der Waals surface area contributed by atoms with Crippen molar-refractivity contribution in [2.45, 2.75) is 283 Å². The van der Waals surface area contributed by atoms with Crippen LogP contribution in [0.1, 0.15) is 264 Å². The first kappa shape index (κ1) is 57.3. The molecule has 346 valence electrons. The summed E-state index contributed by atoms with van der Waals surface area (Å²) in [5.74, 6) is -0.516. The highest BCUT2D eigenvalue weighted by Crippen LogP contribution is 2.16. The van der Waals surface area contributed by atoms with Crippen molar-refractivity contribution in [3.05, 3.63) is 48.6 Å². The molecule has 0 saturated carbocycles. The lowest BCUT2D eigenvalue weighted by Gasteiger charge is -2.21. The lowest BCUT2D eigenvalue weighted by atomic mass is 10.0. The van der Waals surface area contributed by atoms with Crippen molar-refractivity contribution >= 4 is 5.91 Å². The molecule has 0 aliphatic rings. The van der Waals surface area contributed by atoms with Crippen molar-refractivity contribution in [2.24, 2.45) is 0 Å². The Balaban J connectivity index is 3.62. The fourth-order valence-corrected chi connectivity index (χ4v) is 7.80. The highest BCUT2D eigenvalue weighted by atomic mass is 16.3. The Labute approximate surface area is 367 Å². The van der Waals surface area contributed by atoms with E-state index in [4.69, 9.17) is 0 Å². The standard InChI is InChI=1S/C54H101NO4/c1-3-5-7-9-11-13-15-17-19-21-22-23-24-25-26-27-28-29-30-31-33-35-37-39-41-43-45-47-49-53(58)54(59)55-51(50-56)52(57)48-46-44-42-40-38-36-34-32-20-18-16-14-12-10-8-6-4-2/h20,25-26,32,38,40,46,48,51-53,56-58H,3-19,21-24,27-31,33-37,39,41-45,47,49-50H2,1-2H3,(H,55,59)/b26-25-,32-20+,40-38+,48-46+. The molecule has 5 heteroatoms. The van der Waals surface area contributed by atoms with Gasteiger partial charge in [-0.2, -0.15) is 0 Å². The van der Waals surface area contributed by atoms with Gasteiger partial charge in [0.15, 0.2) is 0 Å². The molecule has 0 saturated heterocycles. The average molecular weight is 828 g/mol. The minimum atomic E-state index is -1.11. The molecule has 0 aliphatic heterocycles. The third-order valence-corrected chi connectivity index (χ3v) is 11.9. The van der Waals surface area contributed by atoms with Gasteiger partial charge in [-0.15, -0.1) is 0 Å². The summed E-state index contributed by atoms with van der Waals surface area (Å²) in [5.41, 5.74) is 0. The molecule has 59 heavy (non-hydrogen) atoms. The van der Waals surface area contributed by atoms with Crippen LogP contribution in [0.4, 0.5) is 0 Å². The maximum atomic E-state index is 12.5. The van der Waals surface area contributed by atoms with Crippen LogP contribution < -0.4 is 5.32 Å². The summed E-state index contributed by atoms with van der Waals surface area (Å²) >= 11 is 0. The molecule has 3 unspecified atom stereocenters. The minimum absolute atomic E-state index is 0.381. The number of hydrogen-bond donors (Lipinski definition) is 4. The number of carbonyl (C=O) groups is 1. The van der Waals surface area contributed by atoms with Crippen molar-refractivity contribution in [1.29, 1.82) is 0 Å². The second kappa shape index (κ2) is 49.0. The molecule has 0 bridgehead atoms. The lowest BCUT2D eigenvalue weighted by Crippen LogP contribution is -2.48. The lowest BCUT2D eigenvalue weighted by molar-refractivity contribution is -0.131. The number of aliphatic hydroxyl groups excluding tert-OH is 3. The van der Waals surface area contributed by atoms with Crippen molar-refractivity contribution in [2.75, 3.05) is 6.61 Å². The molecule has 0 radical (unpaired) electrons. The van der Waals surface area contributed by atoms with E-state index in [0.717, 1.165) is 44.9 Å². The number of nitrogens with one attached hydrogen (secondary N) is 1. The van der Waals surface area contributed by atoms with Crippen LogP contribution in [0.2, 0.25) is 0 Å². The van der Waals surface area contributed by atoms with E-state index in [1.807, 2.05) is 6.08 Å². The van der Waals surface area contributed by atoms with E-state index < -0.39 is 24.2 Å². The predicted octanol–water partition coefficient (Wildman–Crippen LogP) is 15.7. The topological polar surface area (TPSA) is 89.8 Å². The van der Waals surface area contributed by atoms with Crippen molar-refractivity contribution < 1.29 is 20.1 Å². The molecule has 0 heterocycles. The van der Waals surface area contributed by atoms with Gasteiger partial charge in [-0.3, -0.25) is 4.79 Å². The second-order valence-electron chi connectivity index (χ2n) is 17.7. The maximum Gasteiger partial charge on any atom is 0.249 e. The zero-order valence-electron chi connectivity index (χ0n) is 39.4. The minimum Gasteiger partial charge on any atom is -0.394 e. The molecule has 5 nitrogen and oxygen atoms in total. The fraction of sp³-hybridized carbons (Fsp3) is 0.833.